The summed E-state index contributed by atoms with van der Waals surface area (Å²) >= 11 is 1.05. The van der Waals surface area contributed by atoms with Crippen molar-refractivity contribution >= 4 is 35.0 Å². The summed E-state index contributed by atoms with van der Waals surface area (Å²) in [6, 6.07) is 8.04. The highest BCUT2D eigenvalue weighted by Gasteiger charge is 2.30. The van der Waals surface area contributed by atoms with Gasteiger partial charge in [0.15, 0.2) is 5.17 Å². The number of aliphatic carboxylic acids is 1. The third-order valence-corrected chi connectivity index (χ3v) is 4.27. The average Bonchev–Trinajstić information content (AvgIpc) is 2.79. The second kappa shape index (κ2) is 7.61. The highest BCUT2D eigenvalue weighted by molar-refractivity contribution is 8.15. The SMILES string of the molecule is CC(C)(C)Cc1ccc(/C=N/N=C2\NC(=O)C(CC(=O)[O-])S2)cc1. The van der Waals surface area contributed by atoms with Gasteiger partial charge in [-0.3, -0.25) is 4.79 Å². The molecule has 0 aliphatic carbocycles. The molecule has 0 spiro atoms. The van der Waals surface area contributed by atoms with E-state index in [-0.39, 0.29) is 17.7 Å². The molecule has 1 aromatic rings. The van der Waals surface area contributed by atoms with E-state index >= 15 is 0 Å². The lowest BCUT2D eigenvalue weighted by Gasteiger charge is -2.17. The van der Waals surface area contributed by atoms with Gasteiger partial charge in [0, 0.05) is 12.4 Å². The summed E-state index contributed by atoms with van der Waals surface area (Å²) in [4.78, 5) is 22.1. The highest BCUT2D eigenvalue weighted by Crippen LogP contribution is 2.22. The second-order valence-corrected chi connectivity index (χ2v) is 7.99. The number of hydrogen-bond acceptors (Lipinski definition) is 6. The molecule has 7 heteroatoms. The number of amides is 1. The average molecular weight is 346 g/mol. The van der Waals surface area contributed by atoms with Gasteiger partial charge in [-0.15, -0.1) is 5.10 Å². The molecule has 0 aromatic heterocycles. The van der Waals surface area contributed by atoms with Gasteiger partial charge < -0.3 is 15.2 Å². The number of carboxylic acids is 1. The zero-order valence-electron chi connectivity index (χ0n) is 13.9. The lowest BCUT2D eigenvalue weighted by atomic mass is 9.88. The predicted molar refractivity (Wildman–Crippen MR) is 93.8 cm³/mol. The van der Waals surface area contributed by atoms with E-state index in [4.69, 9.17) is 0 Å². The van der Waals surface area contributed by atoms with Crippen molar-refractivity contribution < 1.29 is 14.7 Å². The van der Waals surface area contributed by atoms with Crippen LogP contribution in [0.25, 0.3) is 0 Å². The molecule has 1 unspecified atom stereocenters. The Labute approximate surface area is 145 Å². The van der Waals surface area contributed by atoms with Crippen LogP contribution >= 0.6 is 11.8 Å². The number of amidine groups is 1. The zero-order valence-corrected chi connectivity index (χ0v) is 14.7. The highest BCUT2D eigenvalue weighted by atomic mass is 32.2. The first-order valence-corrected chi connectivity index (χ1v) is 8.48. The van der Waals surface area contributed by atoms with E-state index in [1.54, 1.807) is 6.21 Å². The number of carboxylic acid groups (broad SMARTS) is 1. The van der Waals surface area contributed by atoms with E-state index in [0.29, 0.717) is 5.17 Å². The molecule has 24 heavy (non-hydrogen) atoms. The third kappa shape index (κ3) is 5.81. The van der Waals surface area contributed by atoms with Gasteiger partial charge in [0.25, 0.3) is 0 Å². The Balaban J connectivity index is 1.94. The molecular formula is C17H20N3O3S-. The number of carbonyl (C=O) groups excluding carboxylic acids is 2. The van der Waals surface area contributed by atoms with E-state index in [9.17, 15) is 14.7 Å². The van der Waals surface area contributed by atoms with Gasteiger partial charge in [-0.2, -0.15) is 5.10 Å². The van der Waals surface area contributed by atoms with E-state index in [1.807, 2.05) is 12.1 Å². The molecule has 0 saturated carbocycles. The molecule has 1 N–H and O–H groups in total. The van der Waals surface area contributed by atoms with Crippen LogP contribution in [0.15, 0.2) is 34.5 Å². The molecule has 0 bridgehead atoms. The fourth-order valence-corrected chi connectivity index (χ4v) is 3.13. The van der Waals surface area contributed by atoms with E-state index < -0.39 is 11.2 Å². The number of nitrogens with one attached hydrogen (secondary N) is 1. The van der Waals surface area contributed by atoms with Crippen molar-refractivity contribution in [2.24, 2.45) is 15.6 Å². The standard InChI is InChI=1S/C17H21N3O3S/c1-17(2,3)9-11-4-6-12(7-5-11)10-18-20-16-19-15(23)13(24-16)8-14(21)22/h4-7,10,13H,8-9H2,1-3H3,(H,21,22)(H,19,20,23)/p-1/b18-10+. The number of thioether (sulfide) groups is 1. The Morgan fingerprint density at radius 1 is 1.33 bits per heavy atom. The van der Waals surface area contributed by atoms with Crippen molar-refractivity contribution in [2.45, 2.75) is 38.9 Å². The molecule has 1 aromatic carbocycles. The number of rotatable bonds is 5. The fraction of sp³-hybridized carbons (Fsp3) is 0.412. The van der Waals surface area contributed by atoms with Gasteiger partial charge in [-0.1, -0.05) is 56.8 Å². The molecule has 0 radical (unpaired) electrons. The van der Waals surface area contributed by atoms with Crippen molar-refractivity contribution in [1.82, 2.24) is 5.32 Å². The quantitative estimate of drug-likeness (QED) is 0.643. The molecule has 1 heterocycles. The number of nitrogens with zero attached hydrogens (tertiary/aromatic N) is 2. The molecule has 6 nitrogen and oxygen atoms in total. The van der Waals surface area contributed by atoms with Gasteiger partial charge in [0.05, 0.1) is 11.5 Å². The third-order valence-electron chi connectivity index (χ3n) is 3.20. The largest absolute Gasteiger partial charge is 0.550 e. The monoisotopic (exact) mass is 346 g/mol. The van der Waals surface area contributed by atoms with Crippen LogP contribution in [0.4, 0.5) is 0 Å². The Kier molecular flexibility index (Phi) is 5.77. The molecule has 1 aliphatic heterocycles. The Hall–Kier alpha value is -2.15. The van der Waals surface area contributed by atoms with E-state index in [1.165, 1.54) is 5.56 Å². The van der Waals surface area contributed by atoms with Crippen molar-refractivity contribution in [1.29, 1.82) is 0 Å². The van der Waals surface area contributed by atoms with Gasteiger partial charge in [-0.25, -0.2) is 0 Å². The summed E-state index contributed by atoms with van der Waals surface area (Å²) < 4.78 is 0. The first-order chi connectivity index (χ1) is 11.2. The minimum absolute atomic E-state index is 0.238. The normalized spacial score (nSPS) is 19.9. The van der Waals surface area contributed by atoms with Crippen molar-refractivity contribution in [3.05, 3.63) is 35.4 Å². The topological polar surface area (TPSA) is 94.0 Å². The molecule has 128 valence electrons. The summed E-state index contributed by atoms with van der Waals surface area (Å²) in [6.45, 7) is 6.58. The predicted octanol–water partition coefficient (Wildman–Crippen LogP) is 1.34. The molecule has 1 aliphatic rings. The summed E-state index contributed by atoms with van der Waals surface area (Å²) in [7, 11) is 0. The lowest BCUT2D eigenvalue weighted by molar-refractivity contribution is -0.305. The minimum Gasteiger partial charge on any atom is -0.550 e. The first kappa shape index (κ1) is 18.2. The maximum atomic E-state index is 11.5. The Morgan fingerprint density at radius 3 is 2.58 bits per heavy atom. The van der Waals surface area contributed by atoms with Crippen LogP contribution in [0.1, 0.15) is 38.3 Å². The van der Waals surface area contributed by atoms with E-state index in [2.05, 4.69) is 48.4 Å². The molecule has 1 fully saturated rings. The van der Waals surface area contributed by atoms with Gasteiger partial charge in [-0.05, 0) is 23.0 Å². The fourth-order valence-electron chi connectivity index (χ4n) is 2.22. The number of benzene rings is 1. The summed E-state index contributed by atoms with van der Waals surface area (Å²) in [5.41, 5.74) is 2.40. The van der Waals surface area contributed by atoms with Gasteiger partial charge in [0.1, 0.15) is 0 Å². The number of hydrogen-bond donors (Lipinski definition) is 1. The van der Waals surface area contributed by atoms with Crippen LogP contribution in [-0.2, 0) is 16.0 Å². The Bertz CT molecular complexity index is 675. The van der Waals surface area contributed by atoms with Crippen LogP contribution in [0.5, 0.6) is 0 Å². The lowest BCUT2D eigenvalue weighted by Crippen LogP contribution is -2.31. The van der Waals surface area contributed by atoms with Crippen molar-refractivity contribution in [3.63, 3.8) is 0 Å². The molecular weight excluding hydrogens is 326 g/mol. The zero-order chi connectivity index (χ0) is 17.7. The maximum absolute atomic E-state index is 11.5. The van der Waals surface area contributed by atoms with Crippen molar-refractivity contribution in [3.8, 4) is 0 Å². The van der Waals surface area contributed by atoms with Gasteiger partial charge in [0.2, 0.25) is 5.91 Å². The van der Waals surface area contributed by atoms with Crippen LogP contribution in [0.2, 0.25) is 0 Å². The van der Waals surface area contributed by atoms with Crippen LogP contribution < -0.4 is 10.4 Å². The smallest absolute Gasteiger partial charge is 0.239 e. The molecule has 1 saturated heterocycles. The van der Waals surface area contributed by atoms with Crippen LogP contribution in [0.3, 0.4) is 0 Å². The summed E-state index contributed by atoms with van der Waals surface area (Å²) in [5.74, 6) is -1.65. The van der Waals surface area contributed by atoms with Crippen molar-refractivity contribution in [2.75, 3.05) is 0 Å². The molecule has 1 atom stereocenters. The minimum atomic E-state index is -1.26. The van der Waals surface area contributed by atoms with Crippen LogP contribution in [0, 0.1) is 5.41 Å². The number of carbonyl (C=O) groups is 2. The van der Waals surface area contributed by atoms with Gasteiger partial charge >= 0.3 is 0 Å². The molecule has 1 amide bonds. The second-order valence-electron chi connectivity index (χ2n) is 6.80. The summed E-state index contributed by atoms with van der Waals surface area (Å²) in [6.07, 6.45) is 2.25. The summed E-state index contributed by atoms with van der Waals surface area (Å²) in [5, 5.41) is 20.5. The first-order valence-electron chi connectivity index (χ1n) is 7.60. The Morgan fingerprint density at radius 2 is 2.00 bits per heavy atom. The van der Waals surface area contributed by atoms with Crippen LogP contribution in [-0.4, -0.2) is 28.5 Å². The maximum Gasteiger partial charge on any atom is 0.239 e. The van der Waals surface area contributed by atoms with E-state index in [0.717, 1.165) is 23.7 Å². The molecule has 2 rings (SSSR count).